The number of alkyl halides is 1. The lowest BCUT2D eigenvalue weighted by Gasteiger charge is -2.11. The second-order valence-corrected chi connectivity index (χ2v) is 7.49. The Kier molecular flexibility index (Phi) is 5.73. The monoisotopic (exact) mass is 485 g/mol. The van der Waals surface area contributed by atoms with Crippen LogP contribution in [0.1, 0.15) is 0 Å². The maximum Gasteiger partial charge on any atom is 0.231 e. The van der Waals surface area contributed by atoms with Crippen molar-refractivity contribution >= 4 is 54.3 Å². The molecule has 160 valence electrons. The number of halogens is 1. The first-order chi connectivity index (χ1) is 15.0. The van der Waals surface area contributed by atoms with Crippen molar-refractivity contribution in [3.63, 3.8) is 0 Å². The van der Waals surface area contributed by atoms with E-state index in [0.29, 0.717) is 0 Å². The molecule has 0 N–H and O–H groups in total. The fourth-order valence-corrected chi connectivity index (χ4v) is 3.80. The Morgan fingerprint density at radius 3 is 2.29 bits per heavy atom. The number of aromatic nitrogens is 1. The molecule has 1 aliphatic heterocycles. The summed E-state index contributed by atoms with van der Waals surface area (Å²) < 4.78 is 24.2. The molecule has 1 aliphatic rings. The van der Waals surface area contributed by atoms with Crippen LogP contribution in [-0.4, -0.2) is 32.3 Å². The van der Waals surface area contributed by atoms with Crippen molar-refractivity contribution in [1.82, 2.24) is 0 Å². The number of methoxy groups -OCH3 is 2. The number of carboxylic acid groups (broad SMARTS) is 1. The van der Waals surface area contributed by atoms with Crippen molar-refractivity contribution in [1.29, 1.82) is 0 Å². The van der Waals surface area contributed by atoms with Crippen molar-refractivity contribution < 1.29 is 33.4 Å². The van der Waals surface area contributed by atoms with Crippen LogP contribution in [0.5, 0.6) is 23.0 Å². The molecular weight excluding hydrogens is 466 g/mol. The van der Waals surface area contributed by atoms with E-state index < -0.39 is 5.97 Å². The maximum absolute atomic E-state index is 9.21. The largest absolute Gasteiger partial charge is 0.549 e. The highest BCUT2D eigenvalue weighted by molar-refractivity contribution is 9.09. The number of carbonyl (C=O) groups excluding carboxylic acids is 1. The highest BCUT2D eigenvalue weighted by Crippen LogP contribution is 2.40. The number of fused-ring (bicyclic) bond motifs is 6. The van der Waals surface area contributed by atoms with Gasteiger partial charge in [0, 0.05) is 10.7 Å². The lowest BCUT2D eigenvalue weighted by molar-refractivity contribution is -0.642. The van der Waals surface area contributed by atoms with E-state index in [9.17, 15) is 9.90 Å². The number of aliphatic carboxylic acids is 1. The minimum atomic E-state index is -1.08. The van der Waals surface area contributed by atoms with Crippen molar-refractivity contribution in [3.8, 4) is 23.0 Å². The first-order valence-corrected chi connectivity index (χ1v) is 10.5. The van der Waals surface area contributed by atoms with Crippen molar-refractivity contribution in [3.05, 3.63) is 42.6 Å². The molecule has 1 aromatic heterocycles. The standard InChI is InChI=1S/C21H18NO4.C2H3BrO2/c1-22-10-13-7-17(23-2)18(24-3)8-15(13)14-5-4-12-6-19-20(26-11-25-19)9-16(12)21(14)22;3-1-2(4)5/h4-10H,11H2,1-3H3;1H2,(H,4,5)/q+1;/p-1. The molecule has 3 aromatic carbocycles. The fourth-order valence-electron chi connectivity index (χ4n) is 3.80. The van der Waals surface area contributed by atoms with Crippen molar-refractivity contribution in [2.45, 2.75) is 0 Å². The Balaban J connectivity index is 0.000000418. The lowest BCUT2D eigenvalue weighted by Crippen LogP contribution is -2.28. The first-order valence-electron chi connectivity index (χ1n) is 9.43. The average Bonchev–Trinajstić information content (AvgIpc) is 3.24. The second-order valence-electron chi connectivity index (χ2n) is 6.93. The summed E-state index contributed by atoms with van der Waals surface area (Å²) >= 11 is 2.65. The van der Waals surface area contributed by atoms with Crippen LogP contribution in [0.3, 0.4) is 0 Å². The van der Waals surface area contributed by atoms with Gasteiger partial charge in [0.25, 0.3) is 0 Å². The smallest absolute Gasteiger partial charge is 0.231 e. The topological polar surface area (TPSA) is 80.9 Å². The van der Waals surface area contributed by atoms with Crippen LogP contribution in [0.4, 0.5) is 0 Å². The number of rotatable bonds is 3. The fraction of sp³-hybridized carbons (Fsp3) is 0.217. The third kappa shape index (κ3) is 3.79. The Bertz CT molecular complexity index is 1320. The number of aryl methyl sites for hydroxylation is 1. The zero-order valence-corrected chi connectivity index (χ0v) is 18.8. The number of nitrogens with zero attached hydrogens (tertiary/aromatic N) is 1. The summed E-state index contributed by atoms with van der Waals surface area (Å²) in [5, 5.41) is 14.8. The third-order valence-corrected chi connectivity index (χ3v) is 5.58. The van der Waals surface area contributed by atoms with Crippen LogP contribution in [0, 0.1) is 0 Å². The Hall–Kier alpha value is -3.26. The van der Waals surface area contributed by atoms with Gasteiger partial charge in [-0.05, 0) is 35.7 Å². The number of pyridine rings is 1. The number of hydrogen-bond donors (Lipinski definition) is 0. The minimum Gasteiger partial charge on any atom is -0.549 e. The van der Waals surface area contributed by atoms with E-state index in [2.05, 4.69) is 51.9 Å². The summed E-state index contributed by atoms with van der Waals surface area (Å²) in [7, 11) is 5.37. The van der Waals surface area contributed by atoms with Gasteiger partial charge in [0.15, 0.2) is 29.2 Å². The second kappa shape index (κ2) is 8.47. The third-order valence-electron chi connectivity index (χ3n) is 5.12. The van der Waals surface area contributed by atoms with Crippen molar-refractivity contribution in [2.75, 3.05) is 26.3 Å². The van der Waals surface area contributed by atoms with Crippen LogP contribution in [-0.2, 0) is 11.8 Å². The Labute approximate surface area is 186 Å². The van der Waals surface area contributed by atoms with Crippen LogP contribution in [0.2, 0.25) is 0 Å². The number of hydrogen-bond acceptors (Lipinski definition) is 6. The molecule has 0 bridgehead atoms. The molecule has 0 aliphatic carbocycles. The molecule has 0 atom stereocenters. The average molecular weight is 486 g/mol. The molecule has 7 nitrogen and oxygen atoms in total. The summed E-state index contributed by atoms with van der Waals surface area (Å²) in [6, 6.07) is 12.4. The van der Waals surface area contributed by atoms with E-state index in [1.165, 1.54) is 0 Å². The van der Waals surface area contributed by atoms with E-state index in [0.717, 1.165) is 55.4 Å². The zero-order valence-electron chi connectivity index (χ0n) is 17.2. The van der Waals surface area contributed by atoms with E-state index in [4.69, 9.17) is 18.9 Å². The molecule has 0 fully saturated rings. The van der Waals surface area contributed by atoms with Gasteiger partial charge in [0.2, 0.25) is 12.3 Å². The molecule has 4 aromatic rings. The molecule has 0 saturated heterocycles. The van der Waals surface area contributed by atoms with E-state index >= 15 is 0 Å². The summed E-state index contributed by atoms with van der Waals surface area (Å²) in [5.41, 5.74) is 1.14. The number of carbonyl (C=O) groups is 1. The van der Waals surface area contributed by atoms with Gasteiger partial charge in [-0.1, -0.05) is 22.0 Å². The number of benzene rings is 3. The van der Waals surface area contributed by atoms with E-state index in [-0.39, 0.29) is 12.1 Å². The van der Waals surface area contributed by atoms with Gasteiger partial charge in [0.1, 0.15) is 7.05 Å². The van der Waals surface area contributed by atoms with Crippen LogP contribution < -0.4 is 28.6 Å². The van der Waals surface area contributed by atoms with Gasteiger partial charge in [-0.2, -0.15) is 4.57 Å². The molecular formula is C23H20BrNO6. The zero-order chi connectivity index (χ0) is 22.1. The van der Waals surface area contributed by atoms with E-state index in [1.54, 1.807) is 14.2 Å². The maximum atomic E-state index is 9.21. The number of carboxylic acids is 1. The predicted octanol–water partition coefficient (Wildman–Crippen LogP) is 2.85. The summed E-state index contributed by atoms with van der Waals surface area (Å²) in [6.45, 7) is 0.273. The normalized spacial score (nSPS) is 12.0. The van der Waals surface area contributed by atoms with Gasteiger partial charge in [-0.25, -0.2) is 0 Å². The predicted molar refractivity (Wildman–Crippen MR) is 118 cm³/mol. The van der Waals surface area contributed by atoms with Gasteiger partial charge < -0.3 is 28.8 Å². The summed E-state index contributed by atoms with van der Waals surface area (Å²) in [4.78, 5) is 9.21. The Morgan fingerprint density at radius 1 is 1.00 bits per heavy atom. The van der Waals surface area contributed by atoms with Crippen LogP contribution in [0.15, 0.2) is 42.6 Å². The van der Waals surface area contributed by atoms with Crippen molar-refractivity contribution in [2.24, 2.45) is 7.05 Å². The molecule has 5 rings (SSSR count). The molecule has 2 heterocycles. The van der Waals surface area contributed by atoms with Gasteiger partial charge in [-0.15, -0.1) is 0 Å². The highest BCUT2D eigenvalue weighted by Gasteiger charge is 2.20. The van der Waals surface area contributed by atoms with Gasteiger partial charge >= 0.3 is 0 Å². The summed E-state index contributed by atoms with van der Waals surface area (Å²) in [5.74, 6) is 1.96. The quantitative estimate of drug-likeness (QED) is 0.252. The van der Waals surface area contributed by atoms with Gasteiger partial charge in [0.05, 0.1) is 36.3 Å². The molecule has 0 spiro atoms. The summed E-state index contributed by atoms with van der Waals surface area (Å²) in [6.07, 6.45) is 2.11. The van der Waals surface area contributed by atoms with Crippen LogP contribution >= 0.6 is 15.9 Å². The van der Waals surface area contributed by atoms with Crippen LogP contribution in [0.25, 0.3) is 32.4 Å². The molecule has 0 amide bonds. The first kappa shape index (κ1) is 21.0. The molecule has 0 unspecified atom stereocenters. The number of ether oxygens (including phenoxy) is 4. The highest BCUT2D eigenvalue weighted by atomic mass is 79.9. The molecule has 8 heteroatoms. The minimum absolute atomic E-state index is 0.0764. The molecule has 0 radical (unpaired) electrons. The lowest BCUT2D eigenvalue weighted by atomic mass is 10.0. The molecule has 0 saturated carbocycles. The van der Waals surface area contributed by atoms with E-state index in [1.807, 2.05) is 18.2 Å². The Morgan fingerprint density at radius 2 is 1.65 bits per heavy atom. The molecule has 31 heavy (non-hydrogen) atoms. The van der Waals surface area contributed by atoms with Gasteiger partial charge in [-0.3, -0.25) is 0 Å². The SMILES string of the molecule is COc1cc2c[n+](C)c3c4cc5c(cc4ccc3c2cc1OC)OCO5.O=C([O-])CBr.